The van der Waals surface area contributed by atoms with Gasteiger partial charge in [0.2, 0.25) is 0 Å². The van der Waals surface area contributed by atoms with Crippen LogP contribution in [0.3, 0.4) is 0 Å². The molecule has 0 atom stereocenters. The minimum Gasteiger partial charge on any atom is -0.455 e. The molecule has 1 heterocycles. The molecule has 0 spiro atoms. The van der Waals surface area contributed by atoms with Crippen LogP contribution >= 0.6 is 15.9 Å². The molecule has 0 aliphatic carbocycles. The number of nitrogens with one attached hydrogen (secondary N) is 1. The van der Waals surface area contributed by atoms with Gasteiger partial charge in [-0.15, -0.1) is 0 Å². The van der Waals surface area contributed by atoms with Crippen LogP contribution in [0.2, 0.25) is 0 Å². The standard InChI is InChI=1S/C16H19BrN2O/c1-4-14-15(8-5-11(2)19-14)20-16-9-13(17)7-6-12(16)10-18-3/h5-9,18H,4,10H2,1-3H3. The first kappa shape index (κ1) is 15.0. The average Bonchev–Trinajstić information content (AvgIpc) is 2.44. The van der Waals surface area contributed by atoms with Crippen molar-refractivity contribution in [3.63, 3.8) is 0 Å². The van der Waals surface area contributed by atoms with Crippen molar-refractivity contribution >= 4 is 15.9 Å². The van der Waals surface area contributed by atoms with E-state index >= 15 is 0 Å². The van der Waals surface area contributed by atoms with Gasteiger partial charge in [0, 0.05) is 22.3 Å². The number of hydrogen-bond donors (Lipinski definition) is 1. The van der Waals surface area contributed by atoms with Gasteiger partial charge in [-0.25, -0.2) is 0 Å². The summed E-state index contributed by atoms with van der Waals surface area (Å²) in [4.78, 5) is 4.53. The summed E-state index contributed by atoms with van der Waals surface area (Å²) < 4.78 is 7.09. The highest BCUT2D eigenvalue weighted by molar-refractivity contribution is 9.10. The molecule has 4 heteroatoms. The van der Waals surface area contributed by atoms with Gasteiger partial charge in [0.15, 0.2) is 0 Å². The van der Waals surface area contributed by atoms with Crippen LogP contribution in [0, 0.1) is 6.92 Å². The monoisotopic (exact) mass is 334 g/mol. The third-order valence-electron chi connectivity index (χ3n) is 3.02. The quantitative estimate of drug-likeness (QED) is 0.888. The number of pyridine rings is 1. The number of benzene rings is 1. The molecule has 1 aromatic carbocycles. The Morgan fingerprint density at radius 1 is 1.20 bits per heavy atom. The van der Waals surface area contributed by atoms with Gasteiger partial charge in [-0.1, -0.05) is 28.9 Å². The maximum Gasteiger partial charge on any atom is 0.148 e. The first-order valence-corrected chi connectivity index (χ1v) is 7.50. The molecule has 0 radical (unpaired) electrons. The van der Waals surface area contributed by atoms with Gasteiger partial charge in [-0.3, -0.25) is 4.98 Å². The molecule has 3 nitrogen and oxygen atoms in total. The Kier molecular flexibility index (Phi) is 5.15. The van der Waals surface area contributed by atoms with Crippen LogP contribution in [0.25, 0.3) is 0 Å². The summed E-state index contributed by atoms with van der Waals surface area (Å²) in [6.07, 6.45) is 0.854. The fourth-order valence-electron chi connectivity index (χ4n) is 2.02. The molecule has 0 aliphatic rings. The smallest absolute Gasteiger partial charge is 0.148 e. The Bertz CT molecular complexity index is 599. The van der Waals surface area contributed by atoms with E-state index in [1.54, 1.807) is 0 Å². The Hall–Kier alpha value is -1.39. The van der Waals surface area contributed by atoms with Gasteiger partial charge >= 0.3 is 0 Å². The van der Waals surface area contributed by atoms with Crippen LogP contribution in [-0.4, -0.2) is 12.0 Å². The number of nitrogens with zero attached hydrogens (tertiary/aromatic N) is 1. The zero-order chi connectivity index (χ0) is 14.5. The lowest BCUT2D eigenvalue weighted by Crippen LogP contribution is -2.06. The zero-order valence-electron chi connectivity index (χ0n) is 12.0. The van der Waals surface area contributed by atoms with Crippen molar-refractivity contribution in [1.82, 2.24) is 10.3 Å². The van der Waals surface area contributed by atoms with Crippen LogP contribution in [-0.2, 0) is 13.0 Å². The number of aryl methyl sites for hydroxylation is 2. The maximum absolute atomic E-state index is 6.09. The highest BCUT2D eigenvalue weighted by Gasteiger charge is 2.09. The molecule has 0 bridgehead atoms. The Balaban J connectivity index is 2.36. The normalized spacial score (nSPS) is 10.6. The third-order valence-corrected chi connectivity index (χ3v) is 3.52. The fraction of sp³-hybridized carbons (Fsp3) is 0.312. The largest absolute Gasteiger partial charge is 0.455 e. The summed E-state index contributed by atoms with van der Waals surface area (Å²) >= 11 is 3.49. The minimum absolute atomic E-state index is 0.767. The lowest BCUT2D eigenvalue weighted by atomic mass is 10.2. The third kappa shape index (κ3) is 3.58. The number of ether oxygens (including phenoxy) is 1. The number of halogens is 1. The lowest BCUT2D eigenvalue weighted by Gasteiger charge is -2.14. The van der Waals surface area contributed by atoms with Crippen molar-refractivity contribution < 1.29 is 4.74 Å². The molecular formula is C16H19BrN2O. The molecule has 0 fully saturated rings. The van der Waals surface area contributed by atoms with Crippen molar-refractivity contribution in [1.29, 1.82) is 0 Å². The Labute approximate surface area is 128 Å². The second-order valence-electron chi connectivity index (χ2n) is 4.64. The molecule has 0 unspecified atom stereocenters. The molecule has 2 rings (SSSR count). The summed E-state index contributed by atoms with van der Waals surface area (Å²) in [5.74, 6) is 1.68. The average molecular weight is 335 g/mol. The highest BCUT2D eigenvalue weighted by atomic mass is 79.9. The summed E-state index contributed by atoms with van der Waals surface area (Å²) in [6.45, 7) is 4.85. The molecule has 0 aliphatic heterocycles. The Morgan fingerprint density at radius 3 is 2.70 bits per heavy atom. The van der Waals surface area contributed by atoms with Crippen molar-refractivity contribution in [2.45, 2.75) is 26.8 Å². The number of hydrogen-bond acceptors (Lipinski definition) is 3. The molecule has 106 valence electrons. The molecule has 20 heavy (non-hydrogen) atoms. The van der Waals surface area contributed by atoms with Gasteiger partial charge in [-0.2, -0.15) is 0 Å². The molecule has 1 aromatic heterocycles. The predicted molar refractivity (Wildman–Crippen MR) is 85.3 cm³/mol. The topological polar surface area (TPSA) is 34.1 Å². The first-order valence-electron chi connectivity index (χ1n) is 6.71. The summed E-state index contributed by atoms with van der Waals surface area (Å²) in [5.41, 5.74) is 3.12. The van der Waals surface area contributed by atoms with Crippen molar-refractivity contribution in [3.8, 4) is 11.5 Å². The van der Waals surface area contributed by atoms with Gasteiger partial charge in [-0.05, 0) is 44.7 Å². The van der Waals surface area contributed by atoms with E-state index in [1.807, 2.05) is 38.2 Å². The molecule has 0 amide bonds. The first-order chi connectivity index (χ1) is 9.63. The van der Waals surface area contributed by atoms with E-state index in [-0.39, 0.29) is 0 Å². The summed E-state index contributed by atoms with van der Waals surface area (Å²) in [7, 11) is 1.93. The fourth-order valence-corrected chi connectivity index (χ4v) is 2.36. The predicted octanol–water partition coefficient (Wildman–Crippen LogP) is 4.23. The van der Waals surface area contributed by atoms with Crippen LogP contribution in [0.1, 0.15) is 23.9 Å². The maximum atomic E-state index is 6.09. The van der Waals surface area contributed by atoms with Crippen LogP contribution < -0.4 is 10.1 Å². The van der Waals surface area contributed by atoms with Gasteiger partial charge in [0.1, 0.15) is 11.5 Å². The van der Waals surface area contributed by atoms with E-state index in [0.29, 0.717) is 0 Å². The van der Waals surface area contributed by atoms with Crippen molar-refractivity contribution in [2.24, 2.45) is 0 Å². The van der Waals surface area contributed by atoms with E-state index in [4.69, 9.17) is 4.74 Å². The zero-order valence-corrected chi connectivity index (χ0v) is 13.6. The second kappa shape index (κ2) is 6.86. The van der Waals surface area contributed by atoms with Gasteiger partial charge < -0.3 is 10.1 Å². The van der Waals surface area contributed by atoms with Crippen molar-refractivity contribution in [3.05, 3.63) is 51.8 Å². The van der Waals surface area contributed by atoms with E-state index < -0.39 is 0 Å². The van der Waals surface area contributed by atoms with Gasteiger partial charge in [0.05, 0.1) is 5.69 Å². The second-order valence-corrected chi connectivity index (χ2v) is 5.55. The summed E-state index contributed by atoms with van der Waals surface area (Å²) in [6, 6.07) is 10.0. The molecular weight excluding hydrogens is 316 g/mol. The number of aromatic nitrogens is 1. The highest BCUT2D eigenvalue weighted by Crippen LogP contribution is 2.30. The van der Waals surface area contributed by atoms with Crippen LogP contribution in [0.5, 0.6) is 11.5 Å². The van der Waals surface area contributed by atoms with Crippen LogP contribution in [0.4, 0.5) is 0 Å². The molecule has 0 saturated carbocycles. The summed E-state index contributed by atoms with van der Waals surface area (Å²) in [5, 5.41) is 3.16. The minimum atomic E-state index is 0.767. The van der Waals surface area contributed by atoms with E-state index in [9.17, 15) is 0 Å². The number of rotatable bonds is 5. The van der Waals surface area contributed by atoms with E-state index in [2.05, 4.69) is 39.2 Å². The van der Waals surface area contributed by atoms with E-state index in [1.165, 1.54) is 0 Å². The molecule has 1 N–H and O–H groups in total. The molecule has 0 saturated heterocycles. The Morgan fingerprint density at radius 2 is 2.00 bits per heavy atom. The lowest BCUT2D eigenvalue weighted by molar-refractivity contribution is 0.464. The molecule has 2 aromatic rings. The van der Waals surface area contributed by atoms with Crippen molar-refractivity contribution in [2.75, 3.05) is 7.05 Å². The SMILES string of the molecule is CCc1nc(C)ccc1Oc1cc(Br)ccc1CNC. The van der Waals surface area contributed by atoms with Gasteiger partial charge in [0.25, 0.3) is 0 Å². The van der Waals surface area contributed by atoms with E-state index in [0.717, 1.165) is 45.9 Å². The van der Waals surface area contributed by atoms with Crippen LogP contribution in [0.15, 0.2) is 34.8 Å².